The summed E-state index contributed by atoms with van der Waals surface area (Å²) < 4.78 is 0. The van der Waals surface area contributed by atoms with Crippen LogP contribution in [0.4, 0.5) is 5.82 Å². The van der Waals surface area contributed by atoms with Crippen molar-refractivity contribution in [2.75, 3.05) is 11.9 Å². The number of aromatic nitrogens is 1. The van der Waals surface area contributed by atoms with Crippen molar-refractivity contribution >= 4 is 11.8 Å². The van der Waals surface area contributed by atoms with Gasteiger partial charge in [0.25, 0.3) is 0 Å². The molecule has 0 bridgehead atoms. The first-order chi connectivity index (χ1) is 8.85. The zero-order chi connectivity index (χ0) is 14.6. The predicted octanol–water partition coefficient (Wildman–Crippen LogP) is 2.22. The summed E-state index contributed by atoms with van der Waals surface area (Å²) in [5, 5.41) is 21.7. The number of rotatable bonds is 6. The number of aryl methyl sites for hydroxylation is 2. The van der Waals surface area contributed by atoms with Crippen LogP contribution in [0.2, 0.25) is 0 Å². The average Bonchev–Trinajstić information content (AvgIpc) is 2.25. The van der Waals surface area contributed by atoms with Crippen LogP contribution < -0.4 is 5.32 Å². The molecule has 0 aliphatic heterocycles. The van der Waals surface area contributed by atoms with E-state index in [9.17, 15) is 15.0 Å². The molecule has 0 spiro atoms. The van der Waals surface area contributed by atoms with E-state index in [1.54, 1.807) is 13.0 Å². The lowest BCUT2D eigenvalue weighted by Crippen LogP contribution is -2.27. The van der Waals surface area contributed by atoms with Gasteiger partial charge < -0.3 is 15.5 Å². The van der Waals surface area contributed by atoms with Crippen molar-refractivity contribution in [3.05, 3.63) is 22.9 Å². The number of carboxylic acid groups (broad SMARTS) is 1. The molecular weight excluding hydrogens is 244 g/mol. The number of carbonyl (C=O) groups is 1. The number of aliphatic hydroxyl groups excluding tert-OH is 1. The van der Waals surface area contributed by atoms with Crippen molar-refractivity contribution in [2.24, 2.45) is 5.92 Å². The minimum atomic E-state index is -1.01. The zero-order valence-electron chi connectivity index (χ0n) is 11.9. The van der Waals surface area contributed by atoms with Crippen molar-refractivity contribution in [1.82, 2.24) is 4.98 Å². The molecular formula is C14H22N2O3. The van der Waals surface area contributed by atoms with Gasteiger partial charge in [-0.1, -0.05) is 13.8 Å². The highest BCUT2D eigenvalue weighted by Crippen LogP contribution is 2.20. The average molecular weight is 266 g/mol. The molecule has 0 fully saturated rings. The third-order valence-electron chi connectivity index (χ3n) is 2.88. The zero-order valence-corrected chi connectivity index (χ0v) is 11.9. The maximum absolute atomic E-state index is 11.3. The quantitative estimate of drug-likeness (QED) is 0.735. The molecule has 19 heavy (non-hydrogen) atoms. The number of pyridine rings is 1. The molecule has 0 saturated heterocycles. The predicted molar refractivity (Wildman–Crippen MR) is 74.6 cm³/mol. The minimum Gasteiger partial charge on any atom is -0.478 e. The highest BCUT2D eigenvalue weighted by Gasteiger charge is 2.19. The van der Waals surface area contributed by atoms with E-state index >= 15 is 0 Å². The highest BCUT2D eigenvalue weighted by atomic mass is 16.4. The molecule has 0 saturated carbocycles. The maximum Gasteiger partial charge on any atom is 0.339 e. The Kier molecular flexibility index (Phi) is 5.30. The molecule has 0 aliphatic rings. The molecule has 0 radical (unpaired) electrons. The second-order valence-corrected chi connectivity index (χ2v) is 5.26. The van der Waals surface area contributed by atoms with Crippen LogP contribution in [0, 0.1) is 19.8 Å². The van der Waals surface area contributed by atoms with Gasteiger partial charge in [-0.3, -0.25) is 0 Å². The van der Waals surface area contributed by atoms with E-state index in [1.807, 2.05) is 6.92 Å². The monoisotopic (exact) mass is 266 g/mol. The first-order valence-electron chi connectivity index (χ1n) is 6.44. The number of anilines is 1. The van der Waals surface area contributed by atoms with Gasteiger partial charge >= 0.3 is 5.97 Å². The summed E-state index contributed by atoms with van der Waals surface area (Å²) in [4.78, 5) is 15.6. The summed E-state index contributed by atoms with van der Waals surface area (Å²) in [6.45, 7) is 7.63. The fourth-order valence-electron chi connectivity index (χ4n) is 2.15. The molecule has 0 aliphatic carbocycles. The summed E-state index contributed by atoms with van der Waals surface area (Å²) in [5.41, 5.74) is 1.60. The van der Waals surface area contributed by atoms with E-state index in [4.69, 9.17) is 0 Å². The van der Waals surface area contributed by atoms with Gasteiger partial charge in [0.15, 0.2) is 0 Å². The van der Waals surface area contributed by atoms with Gasteiger partial charge in [-0.2, -0.15) is 0 Å². The fraction of sp³-hybridized carbons (Fsp3) is 0.571. The number of aromatic carboxylic acids is 1. The van der Waals surface area contributed by atoms with Crippen LogP contribution in [0.1, 0.15) is 41.9 Å². The minimum absolute atomic E-state index is 0.0497. The molecule has 1 aromatic heterocycles. The van der Waals surface area contributed by atoms with Crippen LogP contribution in [-0.4, -0.2) is 33.8 Å². The van der Waals surface area contributed by atoms with E-state index in [1.165, 1.54) is 0 Å². The molecule has 0 amide bonds. The second kappa shape index (κ2) is 6.52. The number of hydrogen-bond acceptors (Lipinski definition) is 4. The molecule has 1 aromatic rings. The van der Waals surface area contributed by atoms with Crippen LogP contribution >= 0.6 is 0 Å². The summed E-state index contributed by atoms with van der Waals surface area (Å²) in [5.74, 6) is -0.262. The van der Waals surface area contributed by atoms with Crippen molar-refractivity contribution in [2.45, 2.75) is 40.2 Å². The molecule has 5 heteroatoms. The topological polar surface area (TPSA) is 82.5 Å². The molecule has 1 heterocycles. The molecule has 1 rings (SSSR count). The Morgan fingerprint density at radius 3 is 2.53 bits per heavy atom. The molecule has 106 valence electrons. The van der Waals surface area contributed by atoms with Crippen LogP contribution in [0.5, 0.6) is 0 Å². The number of aliphatic hydroxyl groups is 1. The van der Waals surface area contributed by atoms with Gasteiger partial charge in [0.1, 0.15) is 11.4 Å². The van der Waals surface area contributed by atoms with Crippen molar-refractivity contribution in [3.8, 4) is 0 Å². The smallest absolute Gasteiger partial charge is 0.339 e. The number of nitrogens with zero attached hydrogens (tertiary/aromatic N) is 1. The number of nitrogens with one attached hydrogen (secondary N) is 1. The Labute approximate surface area is 113 Å². The maximum atomic E-state index is 11.3. The van der Waals surface area contributed by atoms with E-state index in [0.717, 1.165) is 12.1 Å². The Hall–Kier alpha value is -1.62. The molecule has 1 atom stereocenters. The SMILES string of the molecule is Cc1cc(C)c(C(=O)O)c(NC(CO)CC(C)C)n1. The normalized spacial score (nSPS) is 12.5. The Morgan fingerprint density at radius 2 is 2.05 bits per heavy atom. The third kappa shape index (κ3) is 4.21. The van der Waals surface area contributed by atoms with E-state index in [0.29, 0.717) is 17.3 Å². The summed E-state index contributed by atoms with van der Waals surface area (Å²) in [6, 6.07) is 1.55. The molecule has 3 N–H and O–H groups in total. The lowest BCUT2D eigenvalue weighted by molar-refractivity contribution is 0.0696. The number of hydrogen-bond donors (Lipinski definition) is 3. The van der Waals surface area contributed by atoms with Crippen molar-refractivity contribution in [1.29, 1.82) is 0 Å². The summed E-state index contributed by atoms with van der Waals surface area (Å²) >= 11 is 0. The van der Waals surface area contributed by atoms with Gasteiger partial charge in [-0.25, -0.2) is 9.78 Å². The van der Waals surface area contributed by atoms with Crippen molar-refractivity contribution < 1.29 is 15.0 Å². The van der Waals surface area contributed by atoms with E-state index < -0.39 is 5.97 Å². The van der Waals surface area contributed by atoms with Crippen molar-refractivity contribution in [3.63, 3.8) is 0 Å². The van der Waals surface area contributed by atoms with Gasteiger partial charge in [0, 0.05) is 5.69 Å². The Balaban J connectivity index is 3.07. The highest BCUT2D eigenvalue weighted by molar-refractivity contribution is 5.94. The van der Waals surface area contributed by atoms with Crippen LogP contribution in [-0.2, 0) is 0 Å². The van der Waals surface area contributed by atoms with Gasteiger partial charge in [0.2, 0.25) is 0 Å². The van der Waals surface area contributed by atoms with Crippen LogP contribution in [0.25, 0.3) is 0 Å². The third-order valence-corrected chi connectivity index (χ3v) is 2.88. The Morgan fingerprint density at radius 1 is 1.42 bits per heavy atom. The first-order valence-corrected chi connectivity index (χ1v) is 6.44. The van der Waals surface area contributed by atoms with Gasteiger partial charge in [0.05, 0.1) is 12.6 Å². The molecule has 5 nitrogen and oxygen atoms in total. The summed E-state index contributed by atoms with van der Waals surface area (Å²) in [7, 11) is 0. The first kappa shape index (κ1) is 15.4. The largest absolute Gasteiger partial charge is 0.478 e. The van der Waals surface area contributed by atoms with Crippen LogP contribution in [0.15, 0.2) is 6.07 Å². The standard InChI is InChI=1S/C14H22N2O3/c1-8(2)5-11(7-17)16-13-12(14(18)19)9(3)6-10(4)15-13/h6,8,11,17H,5,7H2,1-4H3,(H,15,16)(H,18,19). The van der Waals surface area contributed by atoms with Gasteiger partial charge in [-0.05, 0) is 37.8 Å². The van der Waals surface area contributed by atoms with E-state index in [2.05, 4.69) is 24.1 Å². The lowest BCUT2D eigenvalue weighted by Gasteiger charge is -2.21. The Bertz CT molecular complexity index is 458. The fourth-order valence-corrected chi connectivity index (χ4v) is 2.15. The molecule has 1 unspecified atom stereocenters. The number of carboxylic acids is 1. The second-order valence-electron chi connectivity index (χ2n) is 5.26. The lowest BCUT2D eigenvalue weighted by atomic mass is 10.0. The van der Waals surface area contributed by atoms with Gasteiger partial charge in [-0.15, -0.1) is 0 Å². The van der Waals surface area contributed by atoms with E-state index in [-0.39, 0.29) is 18.2 Å². The summed E-state index contributed by atoms with van der Waals surface area (Å²) in [6.07, 6.45) is 0.754. The molecule has 0 aromatic carbocycles. The van der Waals surface area contributed by atoms with Crippen LogP contribution in [0.3, 0.4) is 0 Å².